The highest BCUT2D eigenvalue weighted by atomic mass is 16.5. The van der Waals surface area contributed by atoms with Crippen LogP contribution >= 0.6 is 0 Å². The molecule has 0 fully saturated rings. The van der Waals surface area contributed by atoms with Crippen LogP contribution in [0.3, 0.4) is 0 Å². The van der Waals surface area contributed by atoms with Gasteiger partial charge in [-0.2, -0.15) is 0 Å². The Balaban J connectivity index is 2.36. The summed E-state index contributed by atoms with van der Waals surface area (Å²) in [5.41, 5.74) is 6.75. The first-order valence-electron chi connectivity index (χ1n) is 5.83. The third-order valence-corrected chi connectivity index (χ3v) is 2.68. The molecule has 0 aliphatic carbocycles. The molecule has 3 heteroatoms. The van der Waals surface area contributed by atoms with Gasteiger partial charge in [-0.1, -0.05) is 18.2 Å². The Kier molecular flexibility index (Phi) is 5.90. The van der Waals surface area contributed by atoms with E-state index in [0.717, 1.165) is 31.7 Å². The van der Waals surface area contributed by atoms with Crippen molar-refractivity contribution in [2.24, 2.45) is 5.73 Å². The van der Waals surface area contributed by atoms with Gasteiger partial charge in [0.25, 0.3) is 0 Å². The van der Waals surface area contributed by atoms with Crippen molar-refractivity contribution >= 4 is 0 Å². The van der Waals surface area contributed by atoms with E-state index in [1.54, 1.807) is 7.11 Å². The van der Waals surface area contributed by atoms with E-state index in [-0.39, 0.29) is 0 Å². The molecule has 3 nitrogen and oxygen atoms in total. The van der Waals surface area contributed by atoms with Gasteiger partial charge in [-0.05, 0) is 44.5 Å². The normalized spacial score (nSPS) is 12.4. The molecule has 0 aromatic heterocycles. The third kappa shape index (κ3) is 4.21. The molecular formula is C13H22N2O. The van der Waals surface area contributed by atoms with Gasteiger partial charge in [0, 0.05) is 6.04 Å². The van der Waals surface area contributed by atoms with Gasteiger partial charge in [0.1, 0.15) is 5.75 Å². The monoisotopic (exact) mass is 222 g/mol. The van der Waals surface area contributed by atoms with Crippen LogP contribution in [0.1, 0.15) is 18.9 Å². The fraction of sp³-hybridized carbons (Fsp3) is 0.538. The topological polar surface area (TPSA) is 47.3 Å². The van der Waals surface area contributed by atoms with Crippen LogP contribution in [0.25, 0.3) is 0 Å². The second kappa shape index (κ2) is 7.25. The minimum absolute atomic E-state index is 0.486. The minimum Gasteiger partial charge on any atom is -0.496 e. The summed E-state index contributed by atoms with van der Waals surface area (Å²) in [4.78, 5) is 0. The van der Waals surface area contributed by atoms with Crippen molar-refractivity contribution in [3.63, 3.8) is 0 Å². The summed E-state index contributed by atoms with van der Waals surface area (Å²) in [5, 5.41) is 3.45. The Bertz CT molecular complexity index is 302. The Labute approximate surface area is 98.0 Å². The van der Waals surface area contributed by atoms with Gasteiger partial charge in [0.05, 0.1) is 7.11 Å². The molecule has 0 aliphatic rings. The molecule has 0 aliphatic heterocycles. The molecule has 1 aromatic carbocycles. The van der Waals surface area contributed by atoms with E-state index >= 15 is 0 Å². The number of benzene rings is 1. The van der Waals surface area contributed by atoms with E-state index in [4.69, 9.17) is 10.5 Å². The van der Waals surface area contributed by atoms with Gasteiger partial charge < -0.3 is 15.8 Å². The average molecular weight is 222 g/mol. The highest BCUT2D eigenvalue weighted by molar-refractivity contribution is 5.33. The van der Waals surface area contributed by atoms with Gasteiger partial charge in [0.2, 0.25) is 0 Å². The van der Waals surface area contributed by atoms with Gasteiger partial charge in [-0.3, -0.25) is 0 Å². The van der Waals surface area contributed by atoms with E-state index in [9.17, 15) is 0 Å². The summed E-state index contributed by atoms with van der Waals surface area (Å²) in [6.45, 7) is 3.86. The number of hydrogen-bond donors (Lipinski definition) is 2. The first-order valence-corrected chi connectivity index (χ1v) is 5.83. The number of rotatable bonds is 7. The summed E-state index contributed by atoms with van der Waals surface area (Å²) in [7, 11) is 1.71. The Hall–Kier alpha value is -1.06. The van der Waals surface area contributed by atoms with Gasteiger partial charge in [0.15, 0.2) is 0 Å². The van der Waals surface area contributed by atoms with Crippen molar-refractivity contribution in [1.82, 2.24) is 5.32 Å². The van der Waals surface area contributed by atoms with Crippen LogP contribution in [-0.2, 0) is 6.42 Å². The van der Waals surface area contributed by atoms with E-state index < -0.39 is 0 Å². The average Bonchev–Trinajstić information content (AvgIpc) is 2.30. The molecule has 1 unspecified atom stereocenters. The fourth-order valence-corrected chi connectivity index (χ4v) is 1.71. The zero-order valence-electron chi connectivity index (χ0n) is 10.2. The highest BCUT2D eigenvalue weighted by Gasteiger charge is 2.03. The lowest BCUT2D eigenvalue weighted by Crippen LogP contribution is -2.30. The largest absolute Gasteiger partial charge is 0.496 e. The lowest BCUT2D eigenvalue weighted by Gasteiger charge is -2.13. The second-order valence-electron chi connectivity index (χ2n) is 3.99. The van der Waals surface area contributed by atoms with Crippen LogP contribution in [-0.4, -0.2) is 26.2 Å². The lowest BCUT2D eigenvalue weighted by molar-refractivity contribution is 0.408. The first-order chi connectivity index (χ1) is 7.77. The number of nitrogens with two attached hydrogens (primary N) is 1. The van der Waals surface area contributed by atoms with Crippen molar-refractivity contribution in [3.05, 3.63) is 29.8 Å². The third-order valence-electron chi connectivity index (χ3n) is 2.68. The number of methoxy groups -OCH3 is 1. The van der Waals surface area contributed by atoms with Crippen molar-refractivity contribution < 1.29 is 4.74 Å². The van der Waals surface area contributed by atoms with Gasteiger partial charge in [-0.15, -0.1) is 0 Å². The molecule has 0 bridgehead atoms. The van der Waals surface area contributed by atoms with Crippen molar-refractivity contribution in [2.45, 2.75) is 25.8 Å². The molecule has 0 amide bonds. The molecule has 16 heavy (non-hydrogen) atoms. The van der Waals surface area contributed by atoms with Crippen LogP contribution in [0.15, 0.2) is 24.3 Å². The Morgan fingerprint density at radius 1 is 1.38 bits per heavy atom. The molecule has 1 rings (SSSR count). The van der Waals surface area contributed by atoms with E-state index in [1.165, 1.54) is 5.56 Å². The zero-order chi connectivity index (χ0) is 11.8. The molecule has 0 spiro atoms. The number of nitrogens with one attached hydrogen (secondary N) is 1. The molecule has 1 aromatic rings. The van der Waals surface area contributed by atoms with E-state index in [1.807, 2.05) is 18.2 Å². The second-order valence-corrected chi connectivity index (χ2v) is 3.99. The van der Waals surface area contributed by atoms with E-state index in [2.05, 4.69) is 18.3 Å². The van der Waals surface area contributed by atoms with Crippen LogP contribution in [0.2, 0.25) is 0 Å². The maximum Gasteiger partial charge on any atom is 0.122 e. The summed E-state index contributed by atoms with van der Waals surface area (Å²) >= 11 is 0. The first kappa shape index (κ1) is 13.0. The summed E-state index contributed by atoms with van der Waals surface area (Å²) in [6.07, 6.45) is 2.00. The standard InChI is InChI=1S/C13H22N2O/c1-11(7-9-14)15-10-8-12-5-3-4-6-13(12)16-2/h3-6,11,15H,7-10,14H2,1-2H3. The minimum atomic E-state index is 0.486. The molecule has 0 saturated carbocycles. The molecule has 0 radical (unpaired) electrons. The molecule has 1 atom stereocenters. The van der Waals surface area contributed by atoms with E-state index in [0.29, 0.717) is 6.04 Å². The SMILES string of the molecule is COc1ccccc1CCNC(C)CCN. The van der Waals surface area contributed by atoms with Crippen molar-refractivity contribution in [3.8, 4) is 5.75 Å². The predicted molar refractivity (Wildman–Crippen MR) is 67.8 cm³/mol. The zero-order valence-corrected chi connectivity index (χ0v) is 10.2. The van der Waals surface area contributed by atoms with Crippen molar-refractivity contribution in [2.75, 3.05) is 20.2 Å². The summed E-state index contributed by atoms with van der Waals surface area (Å²) in [6, 6.07) is 8.63. The van der Waals surface area contributed by atoms with Crippen LogP contribution in [0.4, 0.5) is 0 Å². The van der Waals surface area contributed by atoms with Crippen molar-refractivity contribution in [1.29, 1.82) is 0 Å². The van der Waals surface area contributed by atoms with Crippen LogP contribution < -0.4 is 15.8 Å². The maximum atomic E-state index is 5.50. The Morgan fingerprint density at radius 2 is 2.12 bits per heavy atom. The molecule has 3 N–H and O–H groups in total. The van der Waals surface area contributed by atoms with Gasteiger partial charge in [-0.25, -0.2) is 0 Å². The fourth-order valence-electron chi connectivity index (χ4n) is 1.71. The number of para-hydroxylation sites is 1. The Morgan fingerprint density at radius 3 is 2.81 bits per heavy atom. The van der Waals surface area contributed by atoms with Crippen LogP contribution in [0, 0.1) is 0 Å². The summed E-state index contributed by atoms with van der Waals surface area (Å²) < 4.78 is 5.30. The van der Waals surface area contributed by atoms with Gasteiger partial charge >= 0.3 is 0 Å². The molecule has 0 heterocycles. The number of hydrogen-bond acceptors (Lipinski definition) is 3. The van der Waals surface area contributed by atoms with Crippen LogP contribution in [0.5, 0.6) is 5.75 Å². The molecule has 90 valence electrons. The summed E-state index contributed by atoms with van der Waals surface area (Å²) in [5.74, 6) is 0.968. The lowest BCUT2D eigenvalue weighted by atomic mass is 10.1. The highest BCUT2D eigenvalue weighted by Crippen LogP contribution is 2.17. The maximum absolute atomic E-state index is 5.50. The quantitative estimate of drug-likeness (QED) is 0.736. The molecular weight excluding hydrogens is 200 g/mol. The number of ether oxygens (including phenoxy) is 1. The predicted octanol–water partition coefficient (Wildman–Crippen LogP) is 1.56. The molecule has 0 saturated heterocycles. The smallest absolute Gasteiger partial charge is 0.122 e.